The zero-order chi connectivity index (χ0) is 22.2. The Balaban J connectivity index is 1.57. The highest BCUT2D eigenvalue weighted by molar-refractivity contribution is 7.10. The molecule has 2 N–H and O–H groups in total. The van der Waals surface area contributed by atoms with E-state index in [2.05, 4.69) is 4.98 Å². The monoisotopic (exact) mass is 446 g/mol. The molecule has 1 amide bonds. The van der Waals surface area contributed by atoms with Crippen LogP contribution >= 0.6 is 11.3 Å². The molecule has 0 radical (unpaired) electrons. The molecule has 3 heterocycles. The Kier molecular flexibility index (Phi) is 5.11. The van der Waals surface area contributed by atoms with Crippen molar-refractivity contribution in [2.75, 3.05) is 6.54 Å². The number of amides is 1. The summed E-state index contributed by atoms with van der Waals surface area (Å²) in [4.78, 5) is 31.5. The second kappa shape index (κ2) is 8.09. The van der Waals surface area contributed by atoms with Gasteiger partial charge in [-0.25, -0.2) is 4.39 Å². The van der Waals surface area contributed by atoms with Gasteiger partial charge >= 0.3 is 0 Å². The van der Waals surface area contributed by atoms with Crippen LogP contribution in [-0.4, -0.2) is 33.2 Å². The largest absolute Gasteiger partial charge is 0.507 e. The van der Waals surface area contributed by atoms with E-state index in [1.165, 1.54) is 28.4 Å². The number of aliphatic hydroxyl groups is 1. The van der Waals surface area contributed by atoms with Crippen molar-refractivity contribution in [1.29, 1.82) is 0 Å². The summed E-state index contributed by atoms with van der Waals surface area (Å²) >= 11 is 1.42. The van der Waals surface area contributed by atoms with Crippen LogP contribution in [0.15, 0.2) is 77.8 Å². The van der Waals surface area contributed by atoms with Crippen LogP contribution in [0.2, 0.25) is 0 Å². The second-order valence-corrected chi connectivity index (χ2v) is 8.61. The van der Waals surface area contributed by atoms with Crippen LogP contribution < -0.4 is 0 Å². The molecule has 32 heavy (non-hydrogen) atoms. The molecule has 7 heteroatoms. The number of carbonyl (C=O) groups excluding carboxylic acids is 2. The van der Waals surface area contributed by atoms with Gasteiger partial charge in [-0.1, -0.05) is 36.4 Å². The molecule has 4 aromatic rings. The number of H-pyrrole nitrogens is 1. The van der Waals surface area contributed by atoms with Crippen molar-refractivity contribution in [2.24, 2.45) is 0 Å². The molecular formula is C25H19FN2O3S. The molecule has 2 aromatic carbocycles. The van der Waals surface area contributed by atoms with Crippen LogP contribution in [-0.2, 0) is 16.0 Å². The summed E-state index contributed by atoms with van der Waals surface area (Å²) in [6.45, 7) is 0.267. The molecule has 1 atom stereocenters. The van der Waals surface area contributed by atoms with Crippen molar-refractivity contribution in [3.8, 4) is 0 Å². The van der Waals surface area contributed by atoms with E-state index in [0.717, 1.165) is 21.3 Å². The fraction of sp³-hybridized carbons (Fsp3) is 0.120. The Morgan fingerprint density at radius 2 is 1.84 bits per heavy atom. The molecule has 0 bridgehead atoms. The first kappa shape index (κ1) is 20.2. The fourth-order valence-electron chi connectivity index (χ4n) is 4.17. The lowest BCUT2D eigenvalue weighted by Gasteiger charge is -2.24. The zero-order valence-corrected chi connectivity index (χ0v) is 17.7. The van der Waals surface area contributed by atoms with Gasteiger partial charge in [0.2, 0.25) is 0 Å². The minimum absolute atomic E-state index is 0.0845. The highest BCUT2D eigenvalue weighted by Crippen LogP contribution is 2.42. The number of halogens is 1. The molecule has 1 aliphatic rings. The van der Waals surface area contributed by atoms with Crippen LogP contribution in [0.25, 0.3) is 16.7 Å². The van der Waals surface area contributed by atoms with Crippen molar-refractivity contribution < 1.29 is 19.1 Å². The van der Waals surface area contributed by atoms with E-state index in [1.54, 1.807) is 18.3 Å². The third-order valence-electron chi connectivity index (χ3n) is 5.75. The Morgan fingerprint density at radius 1 is 1.06 bits per heavy atom. The summed E-state index contributed by atoms with van der Waals surface area (Å²) in [5.74, 6) is -1.87. The Morgan fingerprint density at radius 3 is 2.59 bits per heavy atom. The lowest BCUT2D eigenvalue weighted by atomic mass is 9.99. The summed E-state index contributed by atoms with van der Waals surface area (Å²) in [5, 5.41) is 13.9. The predicted octanol–water partition coefficient (Wildman–Crippen LogP) is 5.03. The molecule has 1 fully saturated rings. The third kappa shape index (κ3) is 3.40. The van der Waals surface area contributed by atoms with E-state index in [-0.39, 0.29) is 23.7 Å². The van der Waals surface area contributed by atoms with Crippen molar-refractivity contribution in [2.45, 2.75) is 12.5 Å². The Bertz CT molecular complexity index is 1340. The van der Waals surface area contributed by atoms with Gasteiger partial charge in [0.1, 0.15) is 11.6 Å². The minimum Gasteiger partial charge on any atom is -0.507 e. The summed E-state index contributed by atoms with van der Waals surface area (Å²) in [7, 11) is 0. The van der Waals surface area contributed by atoms with Gasteiger partial charge in [0, 0.05) is 34.1 Å². The van der Waals surface area contributed by atoms with Crippen LogP contribution in [0.4, 0.5) is 4.39 Å². The maximum absolute atomic E-state index is 13.2. The molecule has 0 spiro atoms. The van der Waals surface area contributed by atoms with E-state index in [1.807, 2.05) is 41.8 Å². The van der Waals surface area contributed by atoms with Crippen LogP contribution in [0.1, 0.15) is 22.0 Å². The topological polar surface area (TPSA) is 73.4 Å². The van der Waals surface area contributed by atoms with Gasteiger partial charge in [0.05, 0.1) is 11.6 Å². The molecule has 1 unspecified atom stereocenters. The quantitative estimate of drug-likeness (QED) is 0.256. The van der Waals surface area contributed by atoms with E-state index >= 15 is 0 Å². The fourth-order valence-corrected chi connectivity index (χ4v) is 5.01. The lowest BCUT2D eigenvalue weighted by molar-refractivity contribution is -0.139. The first-order valence-corrected chi connectivity index (χ1v) is 11.1. The van der Waals surface area contributed by atoms with Gasteiger partial charge in [-0.2, -0.15) is 0 Å². The molecule has 1 saturated heterocycles. The molecule has 160 valence electrons. The highest BCUT2D eigenvalue weighted by atomic mass is 32.1. The number of hydrogen-bond acceptors (Lipinski definition) is 4. The number of nitrogens with one attached hydrogen (secondary N) is 1. The number of rotatable bonds is 5. The van der Waals surface area contributed by atoms with Gasteiger partial charge in [0.15, 0.2) is 0 Å². The number of aromatic nitrogens is 1. The van der Waals surface area contributed by atoms with Gasteiger partial charge in [-0.3, -0.25) is 9.59 Å². The number of ketones is 1. The number of para-hydroxylation sites is 1. The number of aromatic amines is 1. The molecule has 0 saturated carbocycles. The number of thiophene rings is 1. The maximum Gasteiger partial charge on any atom is 0.295 e. The number of Topliss-reactive ketones (excluding diaryl/α,β-unsaturated/α-hetero) is 1. The van der Waals surface area contributed by atoms with Gasteiger partial charge in [-0.15, -0.1) is 11.3 Å². The predicted molar refractivity (Wildman–Crippen MR) is 122 cm³/mol. The molecule has 0 aliphatic carbocycles. The molecule has 5 nitrogen and oxygen atoms in total. The summed E-state index contributed by atoms with van der Waals surface area (Å²) in [5.41, 5.74) is 2.25. The van der Waals surface area contributed by atoms with E-state index < -0.39 is 17.7 Å². The average molecular weight is 447 g/mol. The van der Waals surface area contributed by atoms with E-state index in [4.69, 9.17) is 0 Å². The van der Waals surface area contributed by atoms with Crippen molar-refractivity contribution in [3.05, 3.63) is 99.6 Å². The standard InChI is InChI=1S/C25H19FN2O3S/c26-16-9-7-15(8-10-16)11-12-28-22(20-6-3-13-32-20)21(24(30)25(28)31)23(29)18-14-27-19-5-2-1-4-17(18)19/h1-10,13-14,22,27,29H,11-12H2/b23-21-. The molecule has 5 rings (SSSR count). The number of benzene rings is 2. The SMILES string of the molecule is O=C1C(=O)N(CCc2ccc(F)cc2)C(c2cccs2)/C1=C(/O)c1c[nH]c2ccccc12. The Hall–Kier alpha value is -3.71. The van der Waals surface area contributed by atoms with Crippen LogP contribution in [0.3, 0.4) is 0 Å². The molecule has 1 aliphatic heterocycles. The lowest BCUT2D eigenvalue weighted by Crippen LogP contribution is -2.31. The average Bonchev–Trinajstić information content (AvgIpc) is 3.53. The number of carbonyl (C=O) groups is 2. The number of hydrogen-bond donors (Lipinski definition) is 2. The Labute approximate surface area is 187 Å². The summed E-state index contributed by atoms with van der Waals surface area (Å²) in [6.07, 6.45) is 2.11. The molecule has 2 aromatic heterocycles. The highest BCUT2D eigenvalue weighted by Gasteiger charge is 2.46. The first-order valence-electron chi connectivity index (χ1n) is 10.2. The number of nitrogens with zero attached hydrogens (tertiary/aromatic N) is 1. The van der Waals surface area contributed by atoms with Crippen LogP contribution in [0, 0.1) is 5.82 Å². The summed E-state index contributed by atoms with van der Waals surface area (Å²) in [6, 6.07) is 16.6. The first-order chi connectivity index (χ1) is 15.5. The smallest absolute Gasteiger partial charge is 0.295 e. The number of likely N-dealkylation sites (tertiary alicyclic amines) is 1. The summed E-state index contributed by atoms with van der Waals surface area (Å²) < 4.78 is 13.2. The second-order valence-electron chi connectivity index (χ2n) is 7.63. The van der Waals surface area contributed by atoms with Gasteiger partial charge in [0.25, 0.3) is 11.7 Å². The van der Waals surface area contributed by atoms with Crippen LogP contribution in [0.5, 0.6) is 0 Å². The number of fused-ring (bicyclic) bond motifs is 1. The van der Waals surface area contributed by atoms with Gasteiger partial charge in [-0.05, 0) is 41.6 Å². The van der Waals surface area contributed by atoms with E-state index in [0.29, 0.717) is 12.0 Å². The van der Waals surface area contributed by atoms with Crippen molar-refractivity contribution in [1.82, 2.24) is 9.88 Å². The third-order valence-corrected chi connectivity index (χ3v) is 6.68. The minimum atomic E-state index is -0.703. The van der Waals surface area contributed by atoms with Gasteiger partial charge < -0.3 is 15.0 Å². The zero-order valence-electron chi connectivity index (χ0n) is 16.9. The maximum atomic E-state index is 13.2. The van der Waals surface area contributed by atoms with Crippen molar-refractivity contribution >= 4 is 39.7 Å². The normalized spacial score (nSPS) is 18.0. The van der Waals surface area contributed by atoms with E-state index in [9.17, 15) is 19.1 Å². The number of aliphatic hydroxyl groups excluding tert-OH is 1. The van der Waals surface area contributed by atoms with Crippen molar-refractivity contribution in [3.63, 3.8) is 0 Å². The molecular weight excluding hydrogens is 427 g/mol.